The van der Waals surface area contributed by atoms with Gasteiger partial charge in [-0.2, -0.15) is 0 Å². The number of benzene rings is 1. The van der Waals surface area contributed by atoms with E-state index in [9.17, 15) is 8.42 Å². The number of nitrogens with two attached hydrogens (primary N) is 1. The van der Waals surface area contributed by atoms with Gasteiger partial charge in [0.1, 0.15) is 0 Å². The molecule has 0 radical (unpaired) electrons. The summed E-state index contributed by atoms with van der Waals surface area (Å²) in [6, 6.07) is 6.64. The van der Waals surface area contributed by atoms with Gasteiger partial charge in [0.15, 0.2) is 9.84 Å². The van der Waals surface area contributed by atoms with Crippen LogP contribution >= 0.6 is 0 Å². The van der Waals surface area contributed by atoms with Crippen LogP contribution in [0.15, 0.2) is 29.2 Å². The van der Waals surface area contributed by atoms with Crippen molar-refractivity contribution in [2.24, 2.45) is 0 Å². The molecule has 5 heteroatoms. The summed E-state index contributed by atoms with van der Waals surface area (Å²) in [4.78, 5) is 0.348. The molecule has 0 aromatic heterocycles. The molecule has 21 heavy (non-hydrogen) atoms. The topological polar surface area (TPSA) is 69.4 Å². The van der Waals surface area contributed by atoms with Crippen LogP contribution in [0.2, 0.25) is 0 Å². The Morgan fingerprint density at radius 3 is 2.67 bits per heavy atom. The van der Waals surface area contributed by atoms with E-state index in [1.165, 1.54) is 6.42 Å². The molecule has 1 unspecified atom stereocenters. The molecule has 1 atom stereocenters. The number of hydrogen-bond donors (Lipinski definition) is 1. The Bertz CT molecular complexity index is 600. The van der Waals surface area contributed by atoms with Gasteiger partial charge in [0.2, 0.25) is 0 Å². The second-order valence-electron chi connectivity index (χ2n) is 6.32. The Hall–Kier alpha value is -1.07. The summed E-state index contributed by atoms with van der Waals surface area (Å²) in [5, 5.41) is -0.342. The number of sulfone groups is 1. The van der Waals surface area contributed by atoms with E-state index in [0.29, 0.717) is 30.0 Å². The van der Waals surface area contributed by atoms with Crippen LogP contribution in [-0.4, -0.2) is 25.9 Å². The van der Waals surface area contributed by atoms with E-state index in [4.69, 9.17) is 10.5 Å². The SMILES string of the molecule is Nc1cccc(S(=O)(=O)C2CCOC3(CCCCC3)C2)c1. The third-order valence-corrected chi connectivity index (χ3v) is 7.03. The van der Waals surface area contributed by atoms with E-state index >= 15 is 0 Å². The summed E-state index contributed by atoms with van der Waals surface area (Å²) in [7, 11) is -3.32. The predicted octanol–water partition coefficient (Wildman–Crippen LogP) is 2.92. The first-order chi connectivity index (χ1) is 10.0. The molecule has 2 N–H and O–H groups in total. The van der Waals surface area contributed by atoms with E-state index in [0.717, 1.165) is 25.7 Å². The van der Waals surface area contributed by atoms with Gasteiger partial charge < -0.3 is 10.5 Å². The van der Waals surface area contributed by atoms with Crippen molar-refractivity contribution in [1.29, 1.82) is 0 Å². The van der Waals surface area contributed by atoms with Gasteiger partial charge in [-0.15, -0.1) is 0 Å². The minimum atomic E-state index is -3.32. The molecule has 1 heterocycles. The van der Waals surface area contributed by atoms with E-state index in [1.54, 1.807) is 24.3 Å². The first kappa shape index (κ1) is 14.9. The zero-order valence-corrected chi connectivity index (χ0v) is 13.1. The lowest BCUT2D eigenvalue weighted by atomic mass is 9.80. The van der Waals surface area contributed by atoms with E-state index < -0.39 is 9.84 Å². The van der Waals surface area contributed by atoms with E-state index in [2.05, 4.69) is 0 Å². The zero-order valence-electron chi connectivity index (χ0n) is 12.3. The fourth-order valence-electron chi connectivity index (χ4n) is 3.68. The molecule has 0 amide bonds. The number of rotatable bonds is 2. The highest BCUT2D eigenvalue weighted by Crippen LogP contribution is 2.41. The van der Waals surface area contributed by atoms with Crippen LogP contribution in [0.5, 0.6) is 0 Å². The van der Waals surface area contributed by atoms with Crippen molar-refractivity contribution in [3.8, 4) is 0 Å². The quantitative estimate of drug-likeness (QED) is 0.853. The molecule has 1 aliphatic carbocycles. The van der Waals surface area contributed by atoms with Crippen LogP contribution in [0.4, 0.5) is 5.69 Å². The maximum absolute atomic E-state index is 12.9. The minimum absolute atomic E-state index is 0.200. The number of nitrogen functional groups attached to an aromatic ring is 1. The Balaban J connectivity index is 1.85. The lowest BCUT2D eigenvalue weighted by molar-refractivity contribution is -0.0978. The summed E-state index contributed by atoms with van der Waals surface area (Å²) < 4.78 is 31.7. The molecule has 1 aliphatic heterocycles. The molecule has 1 saturated carbocycles. The van der Waals surface area contributed by atoms with Gasteiger partial charge in [-0.25, -0.2) is 8.42 Å². The van der Waals surface area contributed by atoms with Gasteiger partial charge in [0.25, 0.3) is 0 Å². The van der Waals surface area contributed by atoms with Crippen LogP contribution in [0.25, 0.3) is 0 Å². The Morgan fingerprint density at radius 1 is 1.19 bits per heavy atom. The smallest absolute Gasteiger partial charge is 0.181 e. The summed E-state index contributed by atoms with van der Waals surface area (Å²) >= 11 is 0. The summed E-state index contributed by atoms with van der Waals surface area (Å²) in [5.74, 6) is 0. The van der Waals surface area contributed by atoms with Crippen molar-refractivity contribution < 1.29 is 13.2 Å². The third-order valence-electron chi connectivity index (χ3n) is 4.84. The summed E-state index contributed by atoms with van der Waals surface area (Å²) in [5.41, 5.74) is 6.03. The molecule has 1 aromatic rings. The van der Waals surface area contributed by atoms with Crippen molar-refractivity contribution in [1.82, 2.24) is 0 Å². The Morgan fingerprint density at radius 2 is 1.95 bits per heavy atom. The average Bonchev–Trinajstić information content (AvgIpc) is 2.48. The van der Waals surface area contributed by atoms with Crippen molar-refractivity contribution in [3.63, 3.8) is 0 Å². The van der Waals surface area contributed by atoms with Gasteiger partial charge in [0, 0.05) is 12.3 Å². The number of hydrogen-bond acceptors (Lipinski definition) is 4. The van der Waals surface area contributed by atoms with Gasteiger partial charge in [-0.05, 0) is 43.9 Å². The lowest BCUT2D eigenvalue weighted by Gasteiger charge is -2.43. The summed E-state index contributed by atoms with van der Waals surface area (Å²) in [6.45, 7) is 0.548. The standard InChI is InChI=1S/C16H23NO3S/c17-13-5-4-6-14(11-13)21(18,19)15-7-10-20-16(12-15)8-2-1-3-9-16/h4-6,11,15H,1-3,7-10,12,17H2. The van der Waals surface area contributed by atoms with Crippen LogP contribution in [0, 0.1) is 0 Å². The predicted molar refractivity (Wildman–Crippen MR) is 82.8 cm³/mol. The largest absolute Gasteiger partial charge is 0.399 e. The highest BCUT2D eigenvalue weighted by atomic mass is 32.2. The van der Waals surface area contributed by atoms with E-state index in [1.807, 2.05) is 0 Å². The molecule has 0 bridgehead atoms. The number of anilines is 1. The maximum Gasteiger partial charge on any atom is 0.181 e. The maximum atomic E-state index is 12.9. The molecule has 2 aliphatic rings. The molecule has 4 nitrogen and oxygen atoms in total. The Labute approximate surface area is 126 Å². The van der Waals surface area contributed by atoms with Crippen molar-refractivity contribution in [2.45, 2.75) is 60.7 Å². The fourth-order valence-corrected chi connectivity index (χ4v) is 5.56. The Kier molecular flexibility index (Phi) is 3.97. The monoisotopic (exact) mass is 309 g/mol. The van der Waals surface area contributed by atoms with Crippen molar-refractivity contribution >= 4 is 15.5 Å². The first-order valence-electron chi connectivity index (χ1n) is 7.75. The molecule has 1 saturated heterocycles. The van der Waals surface area contributed by atoms with Crippen LogP contribution < -0.4 is 5.73 Å². The second-order valence-corrected chi connectivity index (χ2v) is 8.55. The van der Waals surface area contributed by atoms with Crippen molar-refractivity contribution in [2.75, 3.05) is 12.3 Å². The summed E-state index contributed by atoms with van der Waals surface area (Å²) in [6.07, 6.45) is 6.72. The van der Waals surface area contributed by atoms with E-state index in [-0.39, 0.29) is 10.9 Å². The fraction of sp³-hybridized carbons (Fsp3) is 0.625. The second kappa shape index (κ2) is 5.61. The van der Waals surface area contributed by atoms with Gasteiger partial charge in [-0.3, -0.25) is 0 Å². The lowest BCUT2D eigenvalue weighted by Crippen LogP contribution is -2.45. The minimum Gasteiger partial charge on any atom is -0.399 e. The zero-order chi connectivity index (χ0) is 14.9. The molecular formula is C16H23NO3S. The molecule has 1 aromatic carbocycles. The molecule has 3 rings (SSSR count). The van der Waals surface area contributed by atoms with Crippen LogP contribution in [0.3, 0.4) is 0 Å². The average molecular weight is 309 g/mol. The van der Waals surface area contributed by atoms with Crippen LogP contribution in [-0.2, 0) is 14.6 Å². The highest BCUT2D eigenvalue weighted by Gasteiger charge is 2.43. The molecule has 116 valence electrons. The number of ether oxygens (including phenoxy) is 1. The van der Waals surface area contributed by atoms with Crippen molar-refractivity contribution in [3.05, 3.63) is 24.3 Å². The first-order valence-corrected chi connectivity index (χ1v) is 9.30. The van der Waals surface area contributed by atoms with Crippen LogP contribution in [0.1, 0.15) is 44.9 Å². The molecule has 2 fully saturated rings. The normalized spacial score (nSPS) is 25.8. The molecular weight excluding hydrogens is 286 g/mol. The van der Waals surface area contributed by atoms with Gasteiger partial charge in [-0.1, -0.05) is 25.3 Å². The van der Waals surface area contributed by atoms with Gasteiger partial charge >= 0.3 is 0 Å². The van der Waals surface area contributed by atoms with Gasteiger partial charge in [0.05, 0.1) is 15.7 Å². The highest BCUT2D eigenvalue weighted by molar-refractivity contribution is 7.92. The molecule has 1 spiro atoms. The third kappa shape index (κ3) is 2.94.